The Bertz CT molecular complexity index is 517. The largest absolute Gasteiger partial charge is 0.468 e. The fourth-order valence-electron chi connectivity index (χ4n) is 2.32. The van der Waals surface area contributed by atoms with Crippen molar-refractivity contribution in [2.75, 3.05) is 6.54 Å². The van der Waals surface area contributed by atoms with E-state index in [9.17, 15) is 0 Å². The molecule has 1 saturated carbocycles. The second-order valence-corrected chi connectivity index (χ2v) is 5.28. The van der Waals surface area contributed by atoms with Crippen molar-refractivity contribution in [2.24, 2.45) is 0 Å². The van der Waals surface area contributed by atoms with E-state index in [0.29, 0.717) is 6.04 Å². The Kier molecular flexibility index (Phi) is 4.18. The highest BCUT2D eigenvalue weighted by Gasteiger charge is 2.30. The lowest BCUT2D eigenvalue weighted by Gasteiger charge is -2.18. The van der Waals surface area contributed by atoms with Gasteiger partial charge in [-0.05, 0) is 31.5 Å². The van der Waals surface area contributed by atoms with Gasteiger partial charge in [0.15, 0.2) is 5.76 Å². The van der Waals surface area contributed by atoms with Crippen LogP contribution in [0.1, 0.15) is 37.0 Å². The van der Waals surface area contributed by atoms with Crippen LogP contribution >= 0.6 is 0 Å². The summed E-state index contributed by atoms with van der Waals surface area (Å²) >= 11 is 0. The van der Waals surface area contributed by atoms with Gasteiger partial charge in [0.1, 0.15) is 5.76 Å². The Hall–Kier alpha value is -1.59. The van der Waals surface area contributed by atoms with Crippen molar-refractivity contribution in [1.29, 1.82) is 0 Å². The molecule has 0 radical (unpaired) electrons. The first-order chi connectivity index (χ1) is 9.85. The molecule has 5 heteroatoms. The summed E-state index contributed by atoms with van der Waals surface area (Å²) in [5.74, 6) is 1.93. The predicted molar refractivity (Wildman–Crippen MR) is 74.9 cm³/mol. The van der Waals surface area contributed by atoms with Crippen molar-refractivity contribution < 1.29 is 8.94 Å². The number of hydrogen-bond donors (Lipinski definition) is 1. The highest BCUT2D eigenvalue weighted by atomic mass is 16.5. The first-order valence-corrected chi connectivity index (χ1v) is 7.26. The molecule has 2 heterocycles. The Morgan fingerprint density at radius 1 is 1.35 bits per heavy atom. The molecule has 0 unspecified atom stereocenters. The molecule has 0 saturated heterocycles. The summed E-state index contributed by atoms with van der Waals surface area (Å²) in [6.07, 6.45) is 4.25. The third kappa shape index (κ3) is 3.49. The summed E-state index contributed by atoms with van der Waals surface area (Å²) in [5.41, 5.74) is 0.968. The second kappa shape index (κ2) is 6.24. The molecule has 0 spiro atoms. The zero-order valence-corrected chi connectivity index (χ0v) is 11.8. The van der Waals surface area contributed by atoms with E-state index in [0.717, 1.165) is 43.4 Å². The van der Waals surface area contributed by atoms with Gasteiger partial charge in [0.2, 0.25) is 0 Å². The zero-order chi connectivity index (χ0) is 13.8. The average molecular weight is 275 g/mol. The van der Waals surface area contributed by atoms with Crippen LogP contribution in [-0.4, -0.2) is 22.6 Å². The van der Waals surface area contributed by atoms with Crippen molar-refractivity contribution in [1.82, 2.24) is 15.4 Å². The summed E-state index contributed by atoms with van der Waals surface area (Å²) in [6, 6.07) is 6.65. The van der Waals surface area contributed by atoms with Gasteiger partial charge in [-0.1, -0.05) is 12.1 Å². The maximum atomic E-state index is 5.44. The van der Waals surface area contributed by atoms with Crippen LogP contribution in [0.2, 0.25) is 0 Å². The molecule has 0 aliphatic heterocycles. The number of aromatic nitrogens is 1. The molecule has 1 N–H and O–H groups in total. The topological polar surface area (TPSA) is 54.4 Å². The van der Waals surface area contributed by atoms with Gasteiger partial charge < -0.3 is 14.3 Å². The van der Waals surface area contributed by atoms with Gasteiger partial charge in [-0.15, -0.1) is 0 Å². The lowest BCUT2D eigenvalue weighted by molar-refractivity contribution is 0.199. The summed E-state index contributed by atoms with van der Waals surface area (Å²) < 4.78 is 10.9. The van der Waals surface area contributed by atoms with E-state index in [2.05, 4.69) is 22.3 Å². The van der Waals surface area contributed by atoms with E-state index in [1.165, 1.54) is 12.8 Å². The summed E-state index contributed by atoms with van der Waals surface area (Å²) in [7, 11) is 0. The van der Waals surface area contributed by atoms with Gasteiger partial charge in [-0.2, -0.15) is 0 Å². The van der Waals surface area contributed by atoms with Crippen LogP contribution in [0.3, 0.4) is 0 Å². The molecule has 0 aromatic carbocycles. The summed E-state index contributed by atoms with van der Waals surface area (Å²) in [4.78, 5) is 2.40. The molecule has 20 heavy (non-hydrogen) atoms. The lowest BCUT2D eigenvalue weighted by Crippen LogP contribution is -2.24. The van der Waals surface area contributed by atoms with Gasteiger partial charge in [0.25, 0.3) is 0 Å². The minimum absolute atomic E-state index is 0.655. The molecule has 0 bridgehead atoms. The van der Waals surface area contributed by atoms with E-state index >= 15 is 0 Å². The van der Waals surface area contributed by atoms with Gasteiger partial charge in [-0.3, -0.25) is 4.90 Å². The van der Waals surface area contributed by atoms with Crippen LogP contribution in [-0.2, 0) is 19.6 Å². The first-order valence-electron chi connectivity index (χ1n) is 7.26. The molecule has 3 rings (SSSR count). The number of nitrogens with zero attached hydrogens (tertiary/aromatic N) is 2. The Balaban J connectivity index is 1.59. The normalized spacial score (nSPS) is 15.1. The van der Waals surface area contributed by atoms with E-state index in [1.54, 1.807) is 6.26 Å². The number of hydrogen-bond acceptors (Lipinski definition) is 5. The van der Waals surface area contributed by atoms with Crippen molar-refractivity contribution in [3.63, 3.8) is 0 Å². The molecule has 2 aromatic rings. The molecule has 0 atom stereocenters. The van der Waals surface area contributed by atoms with Crippen LogP contribution in [0, 0.1) is 0 Å². The van der Waals surface area contributed by atoms with Crippen molar-refractivity contribution in [3.05, 3.63) is 41.7 Å². The number of rotatable bonds is 8. The summed E-state index contributed by atoms with van der Waals surface area (Å²) in [5, 5.41) is 7.35. The maximum absolute atomic E-state index is 5.44. The maximum Gasteiger partial charge on any atom is 0.151 e. The molecule has 2 aromatic heterocycles. The molecule has 1 fully saturated rings. The van der Waals surface area contributed by atoms with E-state index in [-0.39, 0.29) is 0 Å². The molecular weight excluding hydrogens is 254 g/mol. The molecule has 5 nitrogen and oxygen atoms in total. The van der Waals surface area contributed by atoms with Gasteiger partial charge in [0.05, 0.1) is 25.0 Å². The molecule has 0 amide bonds. The monoisotopic (exact) mass is 275 g/mol. The van der Waals surface area contributed by atoms with Crippen LogP contribution in [0.4, 0.5) is 0 Å². The van der Waals surface area contributed by atoms with Crippen molar-refractivity contribution >= 4 is 0 Å². The Morgan fingerprint density at radius 2 is 2.20 bits per heavy atom. The molecule has 1 aliphatic rings. The van der Waals surface area contributed by atoms with Crippen LogP contribution in [0.5, 0.6) is 0 Å². The Labute approximate surface area is 118 Å². The molecule has 108 valence electrons. The predicted octanol–water partition coefficient (Wildman–Crippen LogP) is 2.54. The van der Waals surface area contributed by atoms with Gasteiger partial charge >= 0.3 is 0 Å². The minimum atomic E-state index is 0.655. The first kappa shape index (κ1) is 13.4. The van der Waals surface area contributed by atoms with E-state index < -0.39 is 0 Å². The minimum Gasteiger partial charge on any atom is -0.468 e. The Morgan fingerprint density at radius 3 is 2.90 bits per heavy atom. The highest BCUT2D eigenvalue weighted by Crippen LogP contribution is 2.30. The fourth-order valence-corrected chi connectivity index (χ4v) is 2.32. The highest BCUT2D eigenvalue weighted by molar-refractivity contribution is 5.07. The van der Waals surface area contributed by atoms with E-state index in [4.69, 9.17) is 8.94 Å². The van der Waals surface area contributed by atoms with Crippen molar-refractivity contribution in [3.8, 4) is 0 Å². The summed E-state index contributed by atoms with van der Waals surface area (Å²) in [6.45, 7) is 5.42. The zero-order valence-electron chi connectivity index (χ0n) is 11.8. The lowest BCUT2D eigenvalue weighted by atomic mass is 10.3. The SMILES string of the molecule is CCNCc1cc(CN(Cc2ccco2)C2CC2)on1. The molecule has 1 aliphatic carbocycles. The third-order valence-corrected chi connectivity index (χ3v) is 3.53. The quantitative estimate of drug-likeness (QED) is 0.802. The fraction of sp³-hybridized carbons (Fsp3) is 0.533. The van der Waals surface area contributed by atoms with E-state index in [1.807, 2.05) is 18.2 Å². The van der Waals surface area contributed by atoms with Crippen LogP contribution < -0.4 is 5.32 Å². The number of furan rings is 1. The third-order valence-electron chi connectivity index (χ3n) is 3.53. The van der Waals surface area contributed by atoms with Gasteiger partial charge in [-0.25, -0.2) is 0 Å². The smallest absolute Gasteiger partial charge is 0.151 e. The molecular formula is C15H21N3O2. The average Bonchev–Trinajstić information content (AvgIpc) is 3.00. The number of nitrogens with one attached hydrogen (secondary N) is 1. The van der Waals surface area contributed by atoms with Gasteiger partial charge in [0, 0.05) is 18.7 Å². The second-order valence-electron chi connectivity index (χ2n) is 5.28. The van der Waals surface area contributed by atoms with Crippen LogP contribution in [0.15, 0.2) is 33.4 Å². The van der Waals surface area contributed by atoms with Crippen LogP contribution in [0.25, 0.3) is 0 Å². The van der Waals surface area contributed by atoms with Crippen molar-refractivity contribution in [2.45, 2.75) is 45.4 Å². The standard InChI is InChI=1S/C15H21N3O2/c1-2-16-9-12-8-15(20-17-12)11-18(13-5-6-13)10-14-4-3-7-19-14/h3-4,7-8,13,16H,2,5-6,9-11H2,1H3.